The molecule has 96 valence electrons. The number of aliphatic hydroxyl groups is 1. The van der Waals surface area contributed by atoms with E-state index in [1.54, 1.807) is 20.8 Å². The standard InChI is InChI=1S/C11H23NO4/c1-6-7(2)8(9(13)14)12-10(15)16-11(3,4)5/h7-8,10,12,15H,6H2,1-5H3,(H,13,14)/t7-,8-,10?/m0/s1. The van der Waals surface area contributed by atoms with Gasteiger partial charge in [-0.3, -0.25) is 10.1 Å². The van der Waals surface area contributed by atoms with Gasteiger partial charge in [-0.1, -0.05) is 20.3 Å². The number of aliphatic carboxylic acids is 1. The van der Waals surface area contributed by atoms with Crippen molar-refractivity contribution in [2.24, 2.45) is 5.92 Å². The van der Waals surface area contributed by atoms with Gasteiger partial charge in [-0.25, -0.2) is 0 Å². The molecule has 0 aliphatic carbocycles. The summed E-state index contributed by atoms with van der Waals surface area (Å²) in [5.41, 5.74) is -0.523. The van der Waals surface area contributed by atoms with Crippen LogP contribution in [0.5, 0.6) is 0 Å². The second-order valence-electron chi connectivity index (χ2n) is 4.95. The van der Waals surface area contributed by atoms with Crippen LogP contribution in [0.4, 0.5) is 0 Å². The minimum Gasteiger partial charge on any atom is -0.480 e. The summed E-state index contributed by atoms with van der Waals surface area (Å²) in [6.07, 6.45) is -0.554. The lowest BCUT2D eigenvalue weighted by atomic mass is 9.99. The zero-order valence-corrected chi connectivity index (χ0v) is 10.7. The zero-order chi connectivity index (χ0) is 12.9. The van der Waals surface area contributed by atoms with Crippen LogP contribution in [0.15, 0.2) is 0 Å². The van der Waals surface area contributed by atoms with Gasteiger partial charge in [-0.2, -0.15) is 0 Å². The molecule has 5 nitrogen and oxygen atoms in total. The molecule has 0 spiro atoms. The fourth-order valence-corrected chi connectivity index (χ4v) is 1.24. The van der Waals surface area contributed by atoms with Crippen molar-refractivity contribution < 1.29 is 19.7 Å². The average molecular weight is 233 g/mol. The quantitative estimate of drug-likeness (QED) is 0.600. The highest BCUT2D eigenvalue weighted by atomic mass is 16.6. The smallest absolute Gasteiger partial charge is 0.321 e. The van der Waals surface area contributed by atoms with Gasteiger partial charge in [0.25, 0.3) is 0 Å². The third-order valence-corrected chi connectivity index (χ3v) is 2.27. The van der Waals surface area contributed by atoms with E-state index in [2.05, 4.69) is 5.32 Å². The molecule has 0 aromatic heterocycles. The molecule has 0 bridgehead atoms. The second kappa shape index (κ2) is 6.18. The highest BCUT2D eigenvalue weighted by molar-refractivity contribution is 5.73. The summed E-state index contributed by atoms with van der Waals surface area (Å²) in [5.74, 6) is -1.05. The lowest BCUT2D eigenvalue weighted by Crippen LogP contribution is -2.50. The Kier molecular flexibility index (Phi) is 5.92. The van der Waals surface area contributed by atoms with Crippen molar-refractivity contribution in [3.8, 4) is 0 Å². The van der Waals surface area contributed by atoms with E-state index in [1.807, 2.05) is 13.8 Å². The maximum absolute atomic E-state index is 11.0. The van der Waals surface area contributed by atoms with Crippen molar-refractivity contribution in [2.75, 3.05) is 0 Å². The van der Waals surface area contributed by atoms with Crippen LogP contribution in [0.2, 0.25) is 0 Å². The van der Waals surface area contributed by atoms with E-state index < -0.39 is 24.0 Å². The highest BCUT2D eigenvalue weighted by Gasteiger charge is 2.27. The van der Waals surface area contributed by atoms with E-state index in [-0.39, 0.29) is 5.92 Å². The molecular weight excluding hydrogens is 210 g/mol. The predicted octanol–water partition coefficient (Wildman–Crippen LogP) is 1.17. The number of carbonyl (C=O) groups is 1. The molecule has 0 saturated heterocycles. The molecule has 5 heteroatoms. The molecule has 0 amide bonds. The molecule has 0 aliphatic rings. The van der Waals surface area contributed by atoms with E-state index in [4.69, 9.17) is 9.84 Å². The van der Waals surface area contributed by atoms with E-state index in [0.29, 0.717) is 6.42 Å². The molecule has 0 aromatic rings. The first kappa shape index (κ1) is 15.3. The molecule has 16 heavy (non-hydrogen) atoms. The Morgan fingerprint density at radius 2 is 1.94 bits per heavy atom. The summed E-state index contributed by atoms with van der Waals surface area (Å²) < 4.78 is 5.19. The Morgan fingerprint density at radius 1 is 1.44 bits per heavy atom. The molecule has 3 N–H and O–H groups in total. The van der Waals surface area contributed by atoms with Crippen LogP contribution in [0, 0.1) is 5.92 Å². The fourth-order valence-electron chi connectivity index (χ4n) is 1.24. The molecule has 0 aliphatic heterocycles. The molecule has 0 rings (SSSR count). The minimum absolute atomic E-state index is 0.0734. The minimum atomic E-state index is -1.27. The second-order valence-corrected chi connectivity index (χ2v) is 4.95. The van der Waals surface area contributed by atoms with Crippen LogP contribution in [0.25, 0.3) is 0 Å². The van der Waals surface area contributed by atoms with Gasteiger partial charge in [0.2, 0.25) is 6.41 Å². The summed E-state index contributed by atoms with van der Waals surface area (Å²) in [4.78, 5) is 11.0. The molecule has 0 radical (unpaired) electrons. The number of hydrogen-bond donors (Lipinski definition) is 3. The lowest BCUT2D eigenvalue weighted by molar-refractivity contribution is -0.191. The molecule has 0 fully saturated rings. The Bertz CT molecular complexity index is 225. The van der Waals surface area contributed by atoms with Crippen molar-refractivity contribution in [3.05, 3.63) is 0 Å². The first-order valence-corrected chi connectivity index (χ1v) is 5.52. The molecule has 3 atom stereocenters. The summed E-state index contributed by atoms with van der Waals surface area (Å²) in [6.45, 7) is 9.08. The van der Waals surface area contributed by atoms with Crippen molar-refractivity contribution >= 4 is 5.97 Å². The first-order valence-electron chi connectivity index (χ1n) is 5.52. The summed E-state index contributed by atoms with van der Waals surface area (Å²) >= 11 is 0. The largest absolute Gasteiger partial charge is 0.480 e. The highest BCUT2D eigenvalue weighted by Crippen LogP contribution is 2.12. The third-order valence-electron chi connectivity index (χ3n) is 2.27. The Labute approximate surface area is 96.8 Å². The molecular formula is C11H23NO4. The predicted molar refractivity (Wildman–Crippen MR) is 60.9 cm³/mol. The van der Waals surface area contributed by atoms with E-state index in [0.717, 1.165) is 0 Å². The topological polar surface area (TPSA) is 78.8 Å². The summed E-state index contributed by atoms with van der Waals surface area (Å²) in [5, 5.41) is 21.1. The van der Waals surface area contributed by atoms with E-state index in [1.165, 1.54) is 0 Å². The van der Waals surface area contributed by atoms with Crippen molar-refractivity contribution in [1.82, 2.24) is 5.32 Å². The number of carboxylic acid groups (broad SMARTS) is 1. The lowest BCUT2D eigenvalue weighted by Gasteiger charge is -2.28. The van der Waals surface area contributed by atoms with Gasteiger partial charge in [0.1, 0.15) is 6.04 Å². The molecule has 0 aromatic carbocycles. The van der Waals surface area contributed by atoms with Gasteiger partial charge in [0.15, 0.2) is 0 Å². The van der Waals surface area contributed by atoms with Crippen LogP contribution in [-0.2, 0) is 9.53 Å². The van der Waals surface area contributed by atoms with Gasteiger partial charge >= 0.3 is 5.97 Å². The van der Waals surface area contributed by atoms with E-state index in [9.17, 15) is 9.90 Å². The van der Waals surface area contributed by atoms with Crippen LogP contribution >= 0.6 is 0 Å². The Hall–Kier alpha value is -0.650. The van der Waals surface area contributed by atoms with Crippen molar-refractivity contribution in [2.45, 2.75) is 59.1 Å². The van der Waals surface area contributed by atoms with Crippen LogP contribution < -0.4 is 5.32 Å². The van der Waals surface area contributed by atoms with Gasteiger partial charge in [-0.15, -0.1) is 0 Å². The first-order chi connectivity index (χ1) is 7.17. The number of ether oxygens (including phenoxy) is 1. The molecule has 0 saturated carbocycles. The number of carboxylic acids is 1. The van der Waals surface area contributed by atoms with Crippen LogP contribution in [0.1, 0.15) is 41.0 Å². The Balaban J connectivity index is 4.35. The maximum Gasteiger partial charge on any atom is 0.321 e. The molecule has 1 unspecified atom stereocenters. The van der Waals surface area contributed by atoms with Gasteiger partial charge in [0.05, 0.1) is 5.60 Å². The van der Waals surface area contributed by atoms with E-state index >= 15 is 0 Å². The van der Waals surface area contributed by atoms with Gasteiger partial charge in [-0.05, 0) is 26.7 Å². The summed E-state index contributed by atoms with van der Waals surface area (Å²) in [6, 6.07) is -0.803. The number of aliphatic hydroxyl groups excluding tert-OH is 1. The monoisotopic (exact) mass is 233 g/mol. The normalized spacial score (nSPS) is 17.9. The Morgan fingerprint density at radius 3 is 2.25 bits per heavy atom. The third kappa shape index (κ3) is 6.05. The fraction of sp³-hybridized carbons (Fsp3) is 0.909. The SMILES string of the molecule is CC[C@H](C)[C@H](NC(O)OC(C)(C)C)C(=O)O. The van der Waals surface area contributed by atoms with Crippen LogP contribution in [-0.4, -0.2) is 34.2 Å². The van der Waals surface area contributed by atoms with Crippen molar-refractivity contribution in [3.63, 3.8) is 0 Å². The van der Waals surface area contributed by atoms with Crippen LogP contribution in [0.3, 0.4) is 0 Å². The van der Waals surface area contributed by atoms with Gasteiger partial charge < -0.3 is 14.9 Å². The average Bonchev–Trinajstić information content (AvgIpc) is 2.09. The number of nitrogens with one attached hydrogen (secondary N) is 1. The molecule has 0 heterocycles. The van der Waals surface area contributed by atoms with Crippen molar-refractivity contribution in [1.29, 1.82) is 0 Å². The maximum atomic E-state index is 11.0. The number of hydrogen-bond acceptors (Lipinski definition) is 4. The number of rotatable bonds is 6. The van der Waals surface area contributed by atoms with Gasteiger partial charge in [0, 0.05) is 0 Å². The summed E-state index contributed by atoms with van der Waals surface area (Å²) in [7, 11) is 0. The zero-order valence-electron chi connectivity index (χ0n) is 10.7.